The number of anilines is 1. The second-order valence-corrected chi connectivity index (χ2v) is 7.52. The summed E-state index contributed by atoms with van der Waals surface area (Å²) in [5.41, 5.74) is 1.12. The predicted octanol–water partition coefficient (Wildman–Crippen LogP) is 2.91. The van der Waals surface area contributed by atoms with E-state index in [1.54, 1.807) is 6.20 Å². The third kappa shape index (κ3) is 4.18. The molecular weight excluding hydrogens is 366 g/mol. The molecule has 4 rings (SSSR count). The molecule has 1 aromatic carbocycles. The number of para-hydroxylation sites is 1. The molecule has 144 valence electrons. The van der Waals surface area contributed by atoms with Gasteiger partial charge in [-0.2, -0.15) is 9.78 Å². The van der Waals surface area contributed by atoms with Crippen molar-refractivity contribution in [1.82, 2.24) is 9.78 Å². The first kappa shape index (κ1) is 18.5. The van der Waals surface area contributed by atoms with Crippen LogP contribution in [0.5, 0.6) is 0 Å². The van der Waals surface area contributed by atoms with Crippen LogP contribution in [0.25, 0.3) is 5.69 Å². The van der Waals surface area contributed by atoms with Gasteiger partial charge in [-0.3, -0.25) is 4.79 Å². The van der Waals surface area contributed by atoms with Crippen LogP contribution in [0.2, 0.25) is 5.02 Å². The number of rotatable bonds is 5. The van der Waals surface area contributed by atoms with Gasteiger partial charge in [-0.25, -0.2) is 0 Å². The van der Waals surface area contributed by atoms with Crippen molar-refractivity contribution in [3.8, 4) is 5.69 Å². The summed E-state index contributed by atoms with van der Waals surface area (Å²) in [6, 6.07) is 9.31. The topological polar surface area (TPSA) is 56.6 Å². The monoisotopic (exact) mass is 389 g/mol. The van der Waals surface area contributed by atoms with Gasteiger partial charge in [-0.05, 0) is 31.4 Å². The minimum atomic E-state index is -0.292. The van der Waals surface area contributed by atoms with Crippen molar-refractivity contribution < 1.29 is 9.47 Å². The second-order valence-electron chi connectivity index (χ2n) is 7.15. The molecule has 27 heavy (non-hydrogen) atoms. The minimum absolute atomic E-state index is 0.219. The van der Waals surface area contributed by atoms with E-state index >= 15 is 0 Å². The molecule has 0 radical (unpaired) electrons. The minimum Gasteiger partial charge on any atom is -0.381 e. The van der Waals surface area contributed by atoms with E-state index in [-0.39, 0.29) is 16.7 Å². The van der Waals surface area contributed by atoms with Crippen molar-refractivity contribution in [3.63, 3.8) is 0 Å². The smallest absolute Gasteiger partial charge is 0.292 e. The van der Waals surface area contributed by atoms with Gasteiger partial charge in [0.25, 0.3) is 5.56 Å². The molecular formula is C20H24ClN3O3. The first-order chi connectivity index (χ1) is 13.2. The molecule has 6 nitrogen and oxygen atoms in total. The van der Waals surface area contributed by atoms with Crippen molar-refractivity contribution in [3.05, 3.63) is 51.9 Å². The molecule has 2 aliphatic rings. The molecule has 1 atom stereocenters. The van der Waals surface area contributed by atoms with Gasteiger partial charge in [0.05, 0.1) is 36.9 Å². The van der Waals surface area contributed by atoms with E-state index in [1.165, 1.54) is 4.68 Å². The zero-order valence-corrected chi connectivity index (χ0v) is 16.0. The Morgan fingerprint density at radius 2 is 1.96 bits per heavy atom. The normalized spacial score (nSPS) is 20.9. The Morgan fingerprint density at radius 1 is 1.19 bits per heavy atom. The maximum atomic E-state index is 12.7. The molecule has 0 saturated carbocycles. The number of nitrogens with zero attached hydrogens (tertiary/aromatic N) is 3. The van der Waals surface area contributed by atoms with Crippen molar-refractivity contribution in [1.29, 1.82) is 0 Å². The predicted molar refractivity (Wildman–Crippen MR) is 105 cm³/mol. The van der Waals surface area contributed by atoms with Crippen LogP contribution in [-0.2, 0) is 9.47 Å². The maximum Gasteiger partial charge on any atom is 0.292 e. The highest BCUT2D eigenvalue weighted by Gasteiger charge is 2.25. The average molecular weight is 390 g/mol. The van der Waals surface area contributed by atoms with Crippen molar-refractivity contribution >= 4 is 17.3 Å². The molecule has 0 spiro atoms. The molecule has 2 saturated heterocycles. The molecule has 2 aliphatic heterocycles. The van der Waals surface area contributed by atoms with E-state index in [2.05, 4.69) is 10.00 Å². The number of ether oxygens (including phenoxy) is 2. The van der Waals surface area contributed by atoms with E-state index in [9.17, 15) is 4.79 Å². The van der Waals surface area contributed by atoms with E-state index in [0.29, 0.717) is 17.3 Å². The molecule has 7 heteroatoms. The summed E-state index contributed by atoms with van der Waals surface area (Å²) in [5, 5.41) is 4.54. The van der Waals surface area contributed by atoms with E-state index < -0.39 is 0 Å². The van der Waals surface area contributed by atoms with Crippen molar-refractivity contribution in [2.24, 2.45) is 5.92 Å². The molecule has 2 fully saturated rings. The SMILES string of the molecule is O=c1c(Cl)c(N2CCC(OCC3CCOC3)CC2)cnn1-c1ccccc1. The highest BCUT2D eigenvalue weighted by Crippen LogP contribution is 2.26. The fraction of sp³-hybridized carbons (Fsp3) is 0.500. The summed E-state index contributed by atoms with van der Waals surface area (Å²) in [6.07, 6.45) is 4.89. The van der Waals surface area contributed by atoms with E-state index in [4.69, 9.17) is 21.1 Å². The summed E-state index contributed by atoms with van der Waals surface area (Å²) < 4.78 is 12.8. The van der Waals surface area contributed by atoms with Gasteiger partial charge in [0.15, 0.2) is 0 Å². The molecule has 2 aromatic rings. The van der Waals surface area contributed by atoms with Crippen molar-refractivity contribution in [2.75, 3.05) is 37.8 Å². The Kier molecular flexibility index (Phi) is 5.76. The first-order valence-corrected chi connectivity index (χ1v) is 9.87. The highest BCUT2D eigenvalue weighted by molar-refractivity contribution is 6.33. The highest BCUT2D eigenvalue weighted by atomic mass is 35.5. The average Bonchev–Trinajstić information content (AvgIpc) is 3.23. The van der Waals surface area contributed by atoms with Crippen LogP contribution in [0.15, 0.2) is 41.3 Å². The maximum absolute atomic E-state index is 12.7. The number of hydrogen-bond acceptors (Lipinski definition) is 5. The van der Waals surface area contributed by atoms with E-state index in [1.807, 2.05) is 30.3 Å². The fourth-order valence-electron chi connectivity index (χ4n) is 3.65. The lowest BCUT2D eigenvalue weighted by Crippen LogP contribution is -2.39. The van der Waals surface area contributed by atoms with Gasteiger partial charge in [0, 0.05) is 25.6 Å². The third-order valence-corrected chi connectivity index (χ3v) is 5.63. The third-order valence-electron chi connectivity index (χ3n) is 5.28. The summed E-state index contributed by atoms with van der Waals surface area (Å²) in [6.45, 7) is 4.06. The van der Waals surface area contributed by atoms with Gasteiger partial charge in [0.1, 0.15) is 5.02 Å². The summed E-state index contributed by atoms with van der Waals surface area (Å²) in [4.78, 5) is 14.8. The Labute approximate surface area is 163 Å². The Balaban J connectivity index is 1.39. The lowest BCUT2D eigenvalue weighted by Gasteiger charge is -2.34. The van der Waals surface area contributed by atoms with Crippen LogP contribution in [0.1, 0.15) is 19.3 Å². The molecule has 3 heterocycles. The lowest BCUT2D eigenvalue weighted by molar-refractivity contribution is 0.0131. The van der Waals surface area contributed by atoms with Crippen LogP contribution >= 0.6 is 11.6 Å². The quantitative estimate of drug-likeness (QED) is 0.787. The molecule has 1 unspecified atom stereocenters. The number of piperidine rings is 1. The molecule has 0 amide bonds. The Hall–Kier alpha value is -1.89. The zero-order valence-electron chi connectivity index (χ0n) is 15.2. The molecule has 1 aromatic heterocycles. The van der Waals surface area contributed by atoms with Crippen LogP contribution in [-0.4, -0.2) is 48.8 Å². The number of hydrogen-bond donors (Lipinski definition) is 0. The second kappa shape index (κ2) is 8.42. The van der Waals surface area contributed by atoms with Gasteiger partial charge >= 0.3 is 0 Å². The number of aromatic nitrogens is 2. The largest absolute Gasteiger partial charge is 0.381 e. The number of benzene rings is 1. The molecule has 0 bridgehead atoms. The zero-order chi connectivity index (χ0) is 18.6. The number of halogens is 1. The van der Waals surface area contributed by atoms with Crippen LogP contribution in [0.3, 0.4) is 0 Å². The van der Waals surface area contributed by atoms with Crippen molar-refractivity contribution in [2.45, 2.75) is 25.4 Å². The molecule has 0 aliphatic carbocycles. The van der Waals surface area contributed by atoms with Gasteiger partial charge in [-0.1, -0.05) is 29.8 Å². The summed E-state index contributed by atoms with van der Waals surface area (Å²) in [7, 11) is 0. The van der Waals surface area contributed by atoms with E-state index in [0.717, 1.165) is 52.2 Å². The Morgan fingerprint density at radius 3 is 2.67 bits per heavy atom. The van der Waals surface area contributed by atoms with Crippen LogP contribution in [0, 0.1) is 5.92 Å². The Bertz CT molecular complexity index is 813. The fourth-order valence-corrected chi connectivity index (χ4v) is 3.90. The summed E-state index contributed by atoms with van der Waals surface area (Å²) >= 11 is 6.41. The van der Waals surface area contributed by atoms with Gasteiger partial charge < -0.3 is 14.4 Å². The van der Waals surface area contributed by atoms with Gasteiger partial charge in [0.2, 0.25) is 0 Å². The van der Waals surface area contributed by atoms with Gasteiger partial charge in [-0.15, -0.1) is 0 Å². The van der Waals surface area contributed by atoms with Crippen LogP contribution < -0.4 is 10.5 Å². The summed E-state index contributed by atoms with van der Waals surface area (Å²) in [5.74, 6) is 0.534. The first-order valence-electron chi connectivity index (χ1n) is 9.50. The molecule has 0 N–H and O–H groups in total. The standard InChI is InChI=1S/C20H24ClN3O3/c21-19-18(12-22-24(20(19)25)16-4-2-1-3-5-16)23-9-6-17(7-10-23)27-14-15-8-11-26-13-15/h1-5,12,15,17H,6-11,13-14H2. The van der Waals surface area contributed by atoms with Crippen LogP contribution in [0.4, 0.5) is 5.69 Å². The lowest BCUT2D eigenvalue weighted by atomic mass is 10.1.